The first-order valence-corrected chi connectivity index (χ1v) is 7.95. The second kappa shape index (κ2) is 9.21. The highest BCUT2D eigenvalue weighted by molar-refractivity contribution is 5.88. The molecular formula is C17H21F3N2O4. The van der Waals surface area contributed by atoms with Crippen LogP contribution in [0.5, 0.6) is 0 Å². The number of carbonyl (C=O) groups excluding carboxylic acids is 3. The van der Waals surface area contributed by atoms with Gasteiger partial charge in [0.25, 0.3) is 0 Å². The monoisotopic (exact) mass is 374 g/mol. The predicted molar refractivity (Wildman–Crippen MR) is 86.7 cm³/mol. The molecule has 0 aliphatic carbocycles. The lowest BCUT2D eigenvalue weighted by atomic mass is 9.97. The van der Waals surface area contributed by atoms with Crippen molar-refractivity contribution in [2.24, 2.45) is 11.7 Å². The highest BCUT2D eigenvalue weighted by atomic mass is 19.4. The molecule has 144 valence electrons. The second-order valence-corrected chi connectivity index (χ2v) is 5.81. The van der Waals surface area contributed by atoms with Gasteiger partial charge in [0.15, 0.2) is 0 Å². The summed E-state index contributed by atoms with van der Waals surface area (Å²) >= 11 is 0. The molecule has 9 heteroatoms. The van der Waals surface area contributed by atoms with E-state index in [-0.39, 0.29) is 19.4 Å². The van der Waals surface area contributed by atoms with Gasteiger partial charge in [-0.05, 0) is 30.5 Å². The Morgan fingerprint density at radius 1 is 1.19 bits per heavy atom. The molecule has 0 radical (unpaired) electrons. The van der Waals surface area contributed by atoms with Gasteiger partial charge in [0.05, 0.1) is 25.0 Å². The van der Waals surface area contributed by atoms with Crippen LogP contribution in [-0.4, -0.2) is 30.4 Å². The van der Waals surface area contributed by atoms with Gasteiger partial charge in [-0.25, -0.2) is 0 Å². The number of alkyl halides is 3. The van der Waals surface area contributed by atoms with Crippen LogP contribution in [0, 0.1) is 5.92 Å². The summed E-state index contributed by atoms with van der Waals surface area (Å²) < 4.78 is 42.4. The summed E-state index contributed by atoms with van der Waals surface area (Å²) in [4.78, 5) is 35.1. The Hall–Kier alpha value is -2.58. The summed E-state index contributed by atoms with van der Waals surface area (Å²) in [6, 6.07) is 3.02. The lowest BCUT2D eigenvalue weighted by molar-refractivity contribution is -0.145. The Morgan fingerprint density at radius 2 is 1.77 bits per heavy atom. The summed E-state index contributed by atoms with van der Waals surface area (Å²) in [5, 5.41) is 2.41. The highest BCUT2D eigenvalue weighted by Crippen LogP contribution is 2.29. The fourth-order valence-corrected chi connectivity index (χ4v) is 2.32. The van der Waals surface area contributed by atoms with E-state index in [0.717, 1.165) is 12.1 Å². The third kappa shape index (κ3) is 6.73. The number of hydrogen-bond acceptors (Lipinski definition) is 4. The number of nitrogens with one attached hydrogen (secondary N) is 1. The third-order valence-electron chi connectivity index (χ3n) is 3.63. The second-order valence-electron chi connectivity index (χ2n) is 5.81. The van der Waals surface area contributed by atoms with Gasteiger partial charge < -0.3 is 15.8 Å². The smallest absolute Gasteiger partial charge is 0.416 e. The lowest BCUT2D eigenvalue weighted by Crippen LogP contribution is -2.49. The predicted octanol–water partition coefficient (Wildman–Crippen LogP) is 1.81. The van der Waals surface area contributed by atoms with Gasteiger partial charge in [-0.2, -0.15) is 13.2 Å². The number of rotatable bonds is 8. The van der Waals surface area contributed by atoms with Gasteiger partial charge in [-0.15, -0.1) is 0 Å². The molecule has 0 bridgehead atoms. The standard InChI is InChI=1S/C17H21F3N2O4/c1-3-26-14(24)8-10(2)15(16(21)25)22-13(23)9-11-4-6-12(7-5-11)17(18,19)20/h4-7,10,15H,3,8-9H2,1-2H3,(H2,21,25)(H,22,23)/t10-,15-/m1/s1. The average Bonchev–Trinajstić information content (AvgIpc) is 2.52. The van der Waals surface area contributed by atoms with Crippen LogP contribution in [0.2, 0.25) is 0 Å². The number of nitrogens with two attached hydrogens (primary N) is 1. The van der Waals surface area contributed by atoms with Crippen molar-refractivity contribution >= 4 is 17.8 Å². The normalized spacial score (nSPS) is 13.6. The number of halogens is 3. The molecule has 0 unspecified atom stereocenters. The maximum Gasteiger partial charge on any atom is 0.416 e. The first-order chi connectivity index (χ1) is 12.0. The molecule has 2 amide bonds. The van der Waals surface area contributed by atoms with Crippen LogP contribution in [0.1, 0.15) is 31.4 Å². The van der Waals surface area contributed by atoms with E-state index in [1.807, 2.05) is 0 Å². The van der Waals surface area contributed by atoms with Crippen molar-refractivity contribution < 1.29 is 32.3 Å². The molecule has 1 aromatic rings. The minimum Gasteiger partial charge on any atom is -0.466 e. The summed E-state index contributed by atoms with van der Waals surface area (Å²) in [5.41, 5.74) is 4.79. The minimum atomic E-state index is -4.46. The Kier molecular flexibility index (Phi) is 7.60. The summed E-state index contributed by atoms with van der Waals surface area (Å²) in [6.45, 7) is 3.39. The molecule has 2 atom stereocenters. The van der Waals surface area contributed by atoms with Crippen LogP contribution < -0.4 is 11.1 Å². The van der Waals surface area contributed by atoms with E-state index >= 15 is 0 Å². The Labute approximate surface area is 148 Å². The van der Waals surface area contributed by atoms with Crippen LogP contribution in [0.3, 0.4) is 0 Å². The molecule has 0 spiro atoms. The zero-order valence-electron chi connectivity index (χ0n) is 14.4. The molecule has 0 aromatic heterocycles. The molecule has 0 saturated carbocycles. The molecule has 1 rings (SSSR count). The van der Waals surface area contributed by atoms with Crippen molar-refractivity contribution in [3.05, 3.63) is 35.4 Å². The van der Waals surface area contributed by atoms with Crippen LogP contribution in [0.4, 0.5) is 13.2 Å². The summed E-state index contributed by atoms with van der Waals surface area (Å²) in [7, 11) is 0. The van der Waals surface area contributed by atoms with E-state index in [4.69, 9.17) is 10.5 Å². The third-order valence-corrected chi connectivity index (χ3v) is 3.63. The number of esters is 1. The van der Waals surface area contributed by atoms with E-state index in [0.29, 0.717) is 5.56 Å². The topological polar surface area (TPSA) is 98.5 Å². The van der Waals surface area contributed by atoms with Gasteiger partial charge in [0.1, 0.15) is 6.04 Å². The van der Waals surface area contributed by atoms with Crippen molar-refractivity contribution in [3.63, 3.8) is 0 Å². The average molecular weight is 374 g/mol. The van der Waals surface area contributed by atoms with Crippen molar-refractivity contribution in [1.29, 1.82) is 0 Å². The van der Waals surface area contributed by atoms with Gasteiger partial charge in [0, 0.05) is 0 Å². The number of carbonyl (C=O) groups is 3. The molecule has 26 heavy (non-hydrogen) atoms. The maximum atomic E-state index is 12.5. The van der Waals surface area contributed by atoms with E-state index in [1.54, 1.807) is 13.8 Å². The van der Waals surface area contributed by atoms with Gasteiger partial charge >= 0.3 is 12.1 Å². The molecule has 0 aliphatic heterocycles. The van der Waals surface area contributed by atoms with E-state index < -0.39 is 41.5 Å². The Balaban J connectivity index is 2.70. The molecular weight excluding hydrogens is 353 g/mol. The van der Waals surface area contributed by atoms with Crippen molar-refractivity contribution in [2.45, 2.75) is 38.9 Å². The van der Waals surface area contributed by atoms with Gasteiger partial charge in [0.2, 0.25) is 11.8 Å². The molecule has 0 fully saturated rings. The molecule has 6 nitrogen and oxygen atoms in total. The Bertz CT molecular complexity index is 644. The number of amides is 2. The summed E-state index contributed by atoms with van der Waals surface area (Å²) in [6.07, 6.45) is -4.80. The maximum absolute atomic E-state index is 12.5. The number of hydrogen-bond donors (Lipinski definition) is 2. The molecule has 3 N–H and O–H groups in total. The van der Waals surface area contributed by atoms with Crippen LogP contribution in [0.15, 0.2) is 24.3 Å². The van der Waals surface area contributed by atoms with E-state index in [1.165, 1.54) is 12.1 Å². The van der Waals surface area contributed by atoms with Crippen molar-refractivity contribution in [1.82, 2.24) is 5.32 Å². The van der Waals surface area contributed by atoms with Gasteiger partial charge in [-0.3, -0.25) is 14.4 Å². The van der Waals surface area contributed by atoms with Crippen LogP contribution >= 0.6 is 0 Å². The van der Waals surface area contributed by atoms with Gasteiger partial charge in [-0.1, -0.05) is 19.1 Å². The highest BCUT2D eigenvalue weighted by Gasteiger charge is 2.30. The molecule has 1 aromatic carbocycles. The number of ether oxygens (including phenoxy) is 1. The van der Waals surface area contributed by atoms with Crippen LogP contribution in [0.25, 0.3) is 0 Å². The first kappa shape index (κ1) is 21.5. The molecule has 0 saturated heterocycles. The van der Waals surface area contributed by atoms with E-state index in [9.17, 15) is 27.6 Å². The largest absolute Gasteiger partial charge is 0.466 e. The Morgan fingerprint density at radius 3 is 2.23 bits per heavy atom. The van der Waals surface area contributed by atoms with Crippen molar-refractivity contribution in [3.8, 4) is 0 Å². The fourth-order valence-electron chi connectivity index (χ4n) is 2.32. The lowest BCUT2D eigenvalue weighted by Gasteiger charge is -2.21. The first-order valence-electron chi connectivity index (χ1n) is 7.95. The van der Waals surface area contributed by atoms with Crippen LogP contribution in [-0.2, 0) is 31.7 Å². The zero-order valence-corrected chi connectivity index (χ0v) is 14.4. The summed E-state index contributed by atoms with van der Waals surface area (Å²) in [5.74, 6) is -2.53. The molecule has 0 aliphatic rings. The van der Waals surface area contributed by atoms with E-state index in [2.05, 4.69) is 5.32 Å². The SMILES string of the molecule is CCOC(=O)C[C@@H](C)[C@@H](NC(=O)Cc1ccc(C(F)(F)F)cc1)C(N)=O. The zero-order chi connectivity index (χ0) is 19.9. The number of benzene rings is 1. The number of primary amides is 1. The molecule has 0 heterocycles. The quantitative estimate of drug-likeness (QED) is 0.678. The minimum absolute atomic E-state index is 0.109. The van der Waals surface area contributed by atoms with Crippen molar-refractivity contribution in [2.75, 3.05) is 6.61 Å². The fraction of sp³-hybridized carbons (Fsp3) is 0.471.